The molecule has 1 aromatic heterocycles. The van der Waals surface area contributed by atoms with E-state index in [1.165, 1.54) is 31.4 Å². The van der Waals surface area contributed by atoms with Crippen LogP contribution in [0.15, 0.2) is 65.7 Å². The number of methoxy groups -OCH3 is 1. The number of hydrogen-bond acceptors (Lipinski definition) is 6. The summed E-state index contributed by atoms with van der Waals surface area (Å²) in [5.41, 5.74) is 0.815. The number of carbonyl (C=O) groups excluding carboxylic acids is 1. The average Bonchev–Trinajstić information content (AvgIpc) is 2.66. The molecule has 128 valence electrons. The van der Waals surface area contributed by atoms with E-state index >= 15 is 0 Å². The molecule has 0 fully saturated rings. The van der Waals surface area contributed by atoms with Crippen LogP contribution in [0.1, 0.15) is 10.4 Å². The van der Waals surface area contributed by atoms with Gasteiger partial charge in [0.25, 0.3) is 10.0 Å². The van der Waals surface area contributed by atoms with Crippen LogP contribution in [0.3, 0.4) is 0 Å². The predicted molar refractivity (Wildman–Crippen MR) is 93.4 cm³/mol. The second-order valence-electron chi connectivity index (χ2n) is 5.17. The maximum atomic E-state index is 12.9. The number of aromatic nitrogens is 1. The van der Waals surface area contributed by atoms with Gasteiger partial charge in [-0.15, -0.1) is 0 Å². The smallest absolute Gasteiger partial charge is 0.337 e. The second kappa shape index (κ2) is 6.50. The van der Waals surface area contributed by atoms with Gasteiger partial charge in [0.15, 0.2) is 0 Å². The first-order valence-corrected chi connectivity index (χ1v) is 8.71. The van der Waals surface area contributed by atoms with E-state index in [0.29, 0.717) is 9.93 Å². The lowest BCUT2D eigenvalue weighted by Crippen LogP contribution is -2.37. The van der Waals surface area contributed by atoms with Crippen molar-refractivity contribution >= 4 is 32.6 Å². The van der Waals surface area contributed by atoms with E-state index in [9.17, 15) is 13.2 Å². The largest absolute Gasteiger partial charge is 0.465 e. The SMILES string of the molecule is COC(=O)c1cccc(S(=O)(=O)N(N)c2cccc3cccnc23)c1. The van der Waals surface area contributed by atoms with Gasteiger partial charge in [-0.1, -0.05) is 24.3 Å². The first kappa shape index (κ1) is 16.9. The summed E-state index contributed by atoms with van der Waals surface area (Å²) in [7, 11) is -2.86. The minimum atomic E-state index is -4.08. The van der Waals surface area contributed by atoms with Crippen molar-refractivity contribution in [2.75, 3.05) is 11.5 Å². The molecular formula is C17H15N3O4S. The highest BCUT2D eigenvalue weighted by Gasteiger charge is 2.25. The zero-order valence-electron chi connectivity index (χ0n) is 13.3. The van der Waals surface area contributed by atoms with Crippen LogP contribution in [0.4, 0.5) is 5.69 Å². The van der Waals surface area contributed by atoms with Crippen molar-refractivity contribution in [2.24, 2.45) is 5.84 Å². The summed E-state index contributed by atoms with van der Waals surface area (Å²) < 4.78 is 31.0. The summed E-state index contributed by atoms with van der Waals surface area (Å²) in [6.07, 6.45) is 1.56. The number of benzene rings is 2. The summed E-state index contributed by atoms with van der Waals surface area (Å²) in [6.45, 7) is 0. The van der Waals surface area contributed by atoms with Crippen LogP contribution < -0.4 is 10.3 Å². The summed E-state index contributed by atoms with van der Waals surface area (Å²) in [6, 6.07) is 14.1. The van der Waals surface area contributed by atoms with Gasteiger partial charge in [0, 0.05) is 11.6 Å². The van der Waals surface area contributed by atoms with Crippen LogP contribution in [0, 0.1) is 0 Å². The Bertz CT molecular complexity index is 1050. The molecular weight excluding hydrogens is 342 g/mol. The van der Waals surface area contributed by atoms with E-state index in [1.54, 1.807) is 24.4 Å². The number of hydrazine groups is 1. The number of fused-ring (bicyclic) bond motifs is 1. The molecule has 7 nitrogen and oxygen atoms in total. The quantitative estimate of drug-likeness (QED) is 0.436. The third-order valence-electron chi connectivity index (χ3n) is 3.66. The van der Waals surface area contributed by atoms with Crippen molar-refractivity contribution in [3.8, 4) is 0 Å². The fourth-order valence-corrected chi connectivity index (χ4v) is 3.57. The van der Waals surface area contributed by atoms with Crippen molar-refractivity contribution in [1.29, 1.82) is 0 Å². The Hall–Kier alpha value is -2.97. The van der Waals surface area contributed by atoms with Gasteiger partial charge in [0.05, 0.1) is 28.8 Å². The number of carbonyl (C=O) groups is 1. The van der Waals surface area contributed by atoms with Crippen molar-refractivity contribution in [3.63, 3.8) is 0 Å². The van der Waals surface area contributed by atoms with E-state index < -0.39 is 16.0 Å². The summed E-state index contributed by atoms with van der Waals surface area (Å²) in [5.74, 6) is 5.29. The number of hydrogen-bond donors (Lipinski definition) is 1. The zero-order chi connectivity index (χ0) is 18.0. The monoisotopic (exact) mass is 357 g/mol. The topological polar surface area (TPSA) is 103 Å². The molecule has 25 heavy (non-hydrogen) atoms. The van der Waals surface area contributed by atoms with Crippen LogP contribution >= 0.6 is 0 Å². The first-order valence-electron chi connectivity index (χ1n) is 7.27. The number of ether oxygens (including phenoxy) is 1. The molecule has 0 saturated carbocycles. The van der Waals surface area contributed by atoms with Gasteiger partial charge < -0.3 is 4.74 Å². The molecule has 0 bridgehead atoms. The van der Waals surface area contributed by atoms with E-state index in [4.69, 9.17) is 5.84 Å². The van der Waals surface area contributed by atoms with Crippen molar-refractivity contribution in [1.82, 2.24) is 4.98 Å². The number of anilines is 1. The van der Waals surface area contributed by atoms with E-state index in [2.05, 4.69) is 9.72 Å². The van der Waals surface area contributed by atoms with Gasteiger partial charge in [-0.25, -0.2) is 10.6 Å². The molecule has 0 aliphatic carbocycles. The molecule has 0 aliphatic rings. The summed E-state index contributed by atoms with van der Waals surface area (Å²) >= 11 is 0. The lowest BCUT2D eigenvalue weighted by atomic mass is 10.2. The summed E-state index contributed by atoms with van der Waals surface area (Å²) in [4.78, 5) is 15.7. The first-order chi connectivity index (χ1) is 11.9. The molecule has 2 N–H and O–H groups in total. The van der Waals surface area contributed by atoms with Gasteiger partial charge in [-0.05, 0) is 30.3 Å². The Labute approximate surface area is 144 Å². The molecule has 0 amide bonds. The summed E-state index contributed by atoms with van der Waals surface area (Å²) in [5, 5.41) is 0.758. The highest BCUT2D eigenvalue weighted by Crippen LogP contribution is 2.27. The van der Waals surface area contributed by atoms with Crippen molar-refractivity contribution in [3.05, 3.63) is 66.4 Å². The average molecular weight is 357 g/mol. The number of sulfonamides is 1. The minimum absolute atomic E-state index is 0.119. The molecule has 1 heterocycles. The number of rotatable bonds is 4. The number of nitrogens with zero attached hydrogens (tertiary/aromatic N) is 2. The van der Waals surface area contributed by atoms with Crippen molar-refractivity contribution < 1.29 is 17.9 Å². The molecule has 0 saturated heterocycles. The van der Waals surface area contributed by atoms with E-state index in [1.807, 2.05) is 12.1 Å². The standard InChI is InChI=1S/C17H15N3O4S/c1-24-17(21)13-6-2-8-14(11-13)25(22,23)20(18)15-9-3-5-12-7-4-10-19-16(12)15/h2-11H,18H2,1H3. The highest BCUT2D eigenvalue weighted by molar-refractivity contribution is 7.92. The molecule has 8 heteroatoms. The number of nitrogens with two attached hydrogens (primary N) is 1. The fraction of sp³-hybridized carbons (Fsp3) is 0.0588. The van der Waals surface area contributed by atoms with Gasteiger partial charge in [0.1, 0.15) is 0 Å². The molecule has 0 unspecified atom stereocenters. The fourth-order valence-electron chi connectivity index (χ4n) is 2.41. The van der Waals surface area contributed by atoms with E-state index in [-0.39, 0.29) is 16.1 Å². The molecule has 3 aromatic rings. The Morgan fingerprint density at radius 2 is 1.84 bits per heavy atom. The third kappa shape index (κ3) is 3.04. The number of para-hydroxylation sites is 1. The van der Waals surface area contributed by atoms with Gasteiger partial charge in [-0.3, -0.25) is 4.98 Å². The normalized spacial score (nSPS) is 11.3. The lowest BCUT2D eigenvalue weighted by molar-refractivity contribution is 0.0600. The second-order valence-corrected chi connectivity index (χ2v) is 6.99. The van der Waals surface area contributed by atoms with Crippen LogP contribution in [-0.2, 0) is 14.8 Å². The highest BCUT2D eigenvalue weighted by atomic mass is 32.2. The zero-order valence-corrected chi connectivity index (χ0v) is 14.1. The van der Waals surface area contributed by atoms with Crippen LogP contribution in [0.25, 0.3) is 10.9 Å². The van der Waals surface area contributed by atoms with Gasteiger partial charge in [-0.2, -0.15) is 12.8 Å². The Morgan fingerprint density at radius 1 is 1.12 bits per heavy atom. The van der Waals surface area contributed by atoms with Gasteiger partial charge in [0.2, 0.25) is 0 Å². The molecule has 0 radical (unpaired) electrons. The Morgan fingerprint density at radius 3 is 2.60 bits per heavy atom. The maximum Gasteiger partial charge on any atom is 0.337 e. The molecule has 0 spiro atoms. The van der Waals surface area contributed by atoms with Crippen LogP contribution in [-0.4, -0.2) is 26.5 Å². The number of pyridine rings is 1. The Kier molecular flexibility index (Phi) is 4.39. The van der Waals surface area contributed by atoms with E-state index in [0.717, 1.165) is 5.39 Å². The minimum Gasteiger partial charge on any atom is -0.465 e. The third-order valence-corrected chi connectivity index (χ3v) is 5.23. The van der Waals surface area contributed by atoms with Crippen LogP contribution in [0.5, 0.6) is 0 Å². The molecule has 2 aromatic carbocycles. The van der Waals surface area contributed by atoms with Crippen LogP contribution in [0.2, 0.25) is 0 Å². The predicted octanol–water partition coefficient (Wildman–Crippen LogP) is 2.09. The Balaban J connectivity index is 2.09. The maximum absolute atomic E-state index is 12.9. The molecule has 0 aliphatic heterocycles. The molecule has 0 atom stereocenters. The van der Waals surface area contributed by atoms with Crippen molar-refractivity contribution in [2.45, 2.75) is 4.90 Å². The number of esters is 1. The lowest BCUT2D eigenvalue weighted by Gasteiger charge is -2.20. The van der Waals surface area contributed by atoms with Gasteiger partial charge >= 0.3 is 5.97 Å². The molecule has 3 rings (SSSR count).